The van der Waals surface area contributed by atoms with Crippen LogP contribution in [0.4, 0.5) is 0 Å². The molecule has 0 heterocycles. The van der Waals surface area contributed by atoms with Crippen molar-refractivity contribution in [3.8, 4) is 0 Å². The van der Waals surface area contributed by atoms with E-state index in [9.17, 15) is 9.59 Å². The van der Waals surface area contributed by atoms with Crippen LogP contribution >= 0.6 is 0 Å². The Morgan fingerprint density at radius 2 is 1.77 bits per heavy atom. The van der Waals surface area contributed by atoms with E-state index in [-0.39, 0.29) is 35.7 Å². The molecular weight excluding hydrogens is 164 g/mol. The lowest BCUT2D eigenvalue weighted by molar-refractivity contribution is -0.141. The van der Waals surface area contributed by atoms with E-state index in [4.69, 9.17) is 0 Å². The van der Waals surface area contributed by atoms with E-state index >= 15 is 0 Å². The van der Waals surface area contributed by atoms with Crippen molar-refractivity contribution in [1.82, 2.24) is 0 Å². The van der Waals surface area contributed by atoms with Crippen LogP contribution in [0.5, 0.6) is 0 Å². The van der Waals surface area contributed by atoms with Gasteiger partial charge in [0, 0.05) is 11.3 Å². The predicted molar refractivity (Wildman–Crippen MR) is 51.4 cm³/mol. The van der Waals surface area contributed by atoms with Gasteiger partial charge in [0.15, 0.2) is 0 Å². The second kappa shape index (κ2) is 2.43. The molecule has 2 aliphatic carbocycles. The molecule has 0 N–H and O–H groups in total. The minimum Gasteiger partial charge on any atom is -0.291 e. The molecule has 2 fully saturated rings. The van der Waals surface area contributed by atoms with Gasteiger partial charge < -0.3 is 0 Å². The van der Waals surface area contributed by atoms with E-state index in [2.05, 4.69) is 0 Å². The van der Waals surface area contributed by atoms with Crippen molar-refractivity contribution in [3.63, 3.8) is 0 Å². The van der Waals surface area contributed by atoms with Crippen molar-refractivity contribution in [2.75, 3.05) is 0 Å². The zero-order chi connectivity index (χ0) is 9.15. The van der Waals surface area contributed by atoms with Gasteiger partial charge in [-0.2, -0.15) is 0 Å². The highest BCUT2D eigenvalue weighted by atomic mass is 16.2. The number of carbonyl (C=O) groups excluding carboxylic acids is 2. The highest BCUT2D eigenvalue weighted by Crippen LogP contribution is 2.61. The van der Waals surface area contributed by atoms with E-state index in [1.54, 1.807) is 0 Å². The molecule has 0 amide bonds. The fourth-order valence-electron chi connectivity index (χ4n) is 2.80. The van der Waals surface area contributed by atoms with Gasteiger partial charge >= 0.3 is 0 Å². The molecule has 2 nitrogen and oxygen atoms in total. The molecule has 2 heteroatoms. The quantitative estimate of drug-likeness (QED) is 0.538. The van der Waals surface area contributed by atoms with E-state index in [1.165, 1.54) is 0 Å². The Morgan fingerprint density at radius 1 is 1.23 bits per heavy atom. The van der Waals surface area contributed by atoms with Crippen LogP contribution in [0.3, 0.4) is 0 Å². The SMILES string of the molecule is C.CC12CCC(C(=O)C1=O)C2(C)C. The largest absolute Gasteiger partial charge is 0.291 e. The van der Waals surface area contributed by atoms with Gasteiger partial charge in [-0.15, -0.1) is 0 Å². The first-order valence-electron chi connectivity index (χ1n) is 4.50. The van der Waals surface area contributed by atoms with E-state index < -0.39 is 0 Å². The van der Waals surface area contributed by atoms with Crippen LogP contribution in [-0.2, 0) is 9.59 Å². The number of hydrogen-bond donors (Lipinski definition) is 0. The van der Waals surface area contributed by atoms with Gasteiger partial charge in [-0.1, -0.05) is 28.2 Å². The average Bonchev–Trinajstić information content (AvgIpc) is 2.26. The molecule has 0 aliphatic heterocycles. The summed E-state index contributed by atoms with van der Waals surface area (Å²) < 4.78 is 0. The fourth-order valence-corrected chi connectivity index (χ4v) is 2.80. The van der Waals surface area contributed by atoms with Crippen LogP contribution in [0.25, 0.3) is 0 Å². The maximum atomic E-state index is 11.6. The standard InChI is InChI=1S/C10H14O2.CH4/c1-9(2)6-4-5-10(9,3)8(12)7(6)11;/h6H,4-5H2,1-3H3;1H4. The Balaban J connectivity index is 0.000000845. The number of fused-ring (bicyclic) bond motifs is 2. The number of carbonyl (C=O) groups is 2. The average molecular weight is 182 g/mol. The van der Waals surface area contributed by atoms with Crippen LogP contribution in [0.1, 0.15) is 41.0 Å². The highest BCUT2D eigenvalue weighted by Gasteiger charge is 2.66. The number of hydrogen-bond acceptors (Lipinski definition) is 2. The first-order valence-corrected chi connectivity index (χ1v) is 4.50. The van der Waals surface area contributed by atoms with Gasteiger partial charge in [0.25, 0.3) is 0 Å². The second-order valence-electron chi connectivity index (χ2n) is 4.84. The third-order valence-electron chi connectivity index (χ3n) is 4.27. The summed E-state index contributed by atoms with van der Waals surface area (Å²) in [6, 6.07) is 0. The van der Waals surface area contributed by atoms with Gasteiger partial charge in [-0.3, -0.25) is 9.59 Å². The van der Waals surface area contributed by atoms with Crippen molar-refractivity contribution >= 4 is 11.6 Å². The first-order chi connectivity index (χ1) is 5.41. The Morgan fingerprint density at radius 3 is 2.00 bits per heavy atom. The molecule has 2 saturated carbocycles. The minimum atomic E-state index is -0.352. The van der Waals surface area contributed by atoms with Crippen LogP contribution in [0, 0.1) is 16.7 Å². The van der Waals surface area contributed by atoms with E-state index in [0.29, 0.717) is 0 Å². The number of ketones is 2. The third kappa shape index (κ3) is 0.839. The molecule has 0 saturated heterocycles. The molecule has 2 bridgehead atoms. The molecule has 2 aliphatic rings. The Bertz CT molecular complexity index is 278. The Hall–Kier alpha value is -0.660. The van der Waals surface area contributed by atoms with Crippen LogP contribution in [-0.4, -0.2) is 11.6 Å². The molecule has 2 rings (SSSR count). The van der Waals surface area contributed by atoms with Crippen LogP contribution in [0.2, 0.25) is 0 Å². The summed E-state index contributed by atoms with van der Waals surface area (Å²) in [6.07, 6.45) is 1.81. The van der Waals surface area contributed by atoms with Gasteiger partial charge in [-0.05, 0) is 18.3 Å². The molecule has 0 spiro atoms. The summed E-state index contributed by atoms with van der Waals surface area (Å²) in [5, 5.41) is 0. The molecule has 2 atom stereocenters. The van der Waals surface area contributed by atoms with Crippen molar-refractivity contribution in [1.29, 1.82) is 0 Å². The smallest absolute Gasteiger partial charge is 0.205 e. The van der Waals surface area contributed by atoms with E-state index in [1.807, 2.05) is 20.8 Å². The summed E-state index contributed by atoms with van der Waals surface area (Å²) in [4.78, 5) is 23.0. The molecule has 0 aromatic heterocycles. The molecule has 0 aromatic rings. The maximum Gasteiger partial charge on any atom is 0.205 e. The van der Waals surface area contributed by atoms with Crippen molar-refractivity contribution in [2.24, 2.45) is 16.7 Å². The monoisotopic (exact) mass is 182 g/mol. The van der Waals surface area contributed by atoms with Gasteiger partial charge in [0.05, 0.1) is 0 Å². The Kier molecular flexibility index (Phi) is 1.95. The third-order valence-corrected chi connectivity index (χ3v) is 4.27. The zero-order valence-corrected chi connectivity index (χ0v) is 7.81. The number of rotatable bonds is 0. The second-order valence-corrected chi connectivity index (χ2v) is 4.84. The molecule has 2 unspecified atom stereocenters. The highest BCUT2D eigenvalue weighted by molar-refractivity contribution is 6.43. The topological polar surface area (TPSA) is 34.1 Å². The maximum absolute atomic E-state index is 11.6. The Labute approximate surface area is 79.7 Å². The summed E-state index contributed by atoms with van der Waals surface area (Å²) in [5.41, 5.74) is -0.448. The summed E-state index contributed by atoms with van der Waals surface area (Å²) in [6.45, 7) is 6.04. The van der Waals surface area contributed by atoms with Crippen LogP contribution < -0.4 is 0 Å². The molecule has 13 heavy (non-hydrogen) atoms. The summed E-state index contributed by atoms with van der Waals surface area (Å²) >= 11 is 0. The predicted octanol–water partition coefficient (Wildman–Crippen LogP) is 2.22. The van der Waals surface area contributed by atoms with Crippen molar-refractivity contribution in [3.05, 3.63) is 0 Å². The lowest BCUT2D eigenvalue weighted by Gasteiger charge is -2.31. The van der Waals surface area contributed by atoms with Gasteiger partial charge in [-0.25, -0.2) is 0 Å². The van der Waals surface area contributed by atoms with Gasteiger partial charge in [0.1, 0.15) is 0 Å². The van der Waals surface area contributed by atoms with Gasteiger partial charge in [0.2, 0.25) is 11.6 Å². The lowest BCUT2D eigenvalue weighted by Crippen LogP contribution is -2.33. The number of Topliss-reactive ketones (excluding diaryl/α,β-unsaturated/α-hetero) is 2. The van der Waals surface area contributed by atoms with Crippen molar-refractivity contribution in [2.45, 2.75) is 41.0 Å². The minimum absolute atomic E-state index is 0. The lowest BCUT2D eigenvalue weighted by atomic mass is 9.70. The zero-order valence-electron chi connectivity index (χ0n) is 7.81. The first kappa shape index (κ1) is 10.4. The fraction of sp³-hybridized carbons (Fsp3) is 0.818. The summed E-state index contributed by atoms with van der Waals surface area (Å²) in [5.74, 6) is -0.229. The molecule has 0 radical (unpaired) electrons. The summed E-state index contributed by atoms with van der Waals surface area (Å²) in [7, 11) is 0. The van der Waals surface area contributed by atoms with Crippen LogP contribution in [0.15, 0.2) is 0 Å². The molecular formula is C11H18O2. The van der Waals surface area contributed by atoms with Crippen molar-refractivity contribution < 1.29 is 9.59 Å². The molecule has 0 aromatic carbocycles. The normalized spacial score (nSPS) is 40.7. The molecule has 74 valence electrons. The van der Waals surface area contributed by atoms with E-state index in [0.717, 1.165) is 12.8 Å².